The molecule has 0 saturated carbocycles. The monoisotopic (exact) mass is 392 g/mol. The van der Waals surface area contributed by atoms with Gasteiger partial charge < -0.3 is 28.5 Å². The molecular formula is C19H40O6Si. The maximum Gasteiger partial charge on any atom is 0.220 e. The van der Waals surface area contributed by atoms with E-state index < -0.39 is 38.2 Å². The molecule has 0 spiro atoms. The summed E-state index contributed by atoms with van der Waals surface area (Å²) in [4.78, 5) is 0. The van der Waals surface area contributed by atoms with Crippen LogP contribution in [0.1, 0.15) is 48.5 Å². The molecular weight excluding hydrogens is 352 g/mol. The second kappa shape index (κ2) is 8.15. The number of ether oxygens (including phenoxy) is 4. The third-order valence-electron chi connectivity index (χ3n) is 6.14. The second-order valence-electron chi connectivity index (χ2n) is 9.34. The summed E-state index contributed by atoms with van der Waals surface area (Å²) in [5.41, 5.74) is 0. The fourth-order valence-electron chi connectivity index (χ4n) is 2.68. The van der Waals surface area contributed by atoms with Gasteiger partial charge in [0.05, 0.1) is 12.7 Å². The lowest BCUT2D eigenvalue weighted by molar-refractivity contribution is -0.456. The third kappa shape index (κ3) is 4.69. The molecule has 1 rings (SSSR count). The van der Waals surface area contributed by atoms with Crippen LogP contribution in [0.3, 0.4) is 0 Å². The average Bonchev–Trinajstić information content (AvgIpc) is 2.53. The number of methoxy groups -OCH3 is 2. The third-order valence-corrected chi connectivity index (χ3v) is 10.6. The molecule has 0 aromatic rings. The predicted molar refractivity (Wildman–Crippen MR) is 105 cm³/mol. The van der Waals surface area contributed by atoms with Gasteiger partial charge in [-0.25, -0.2) is 0 Å². The van der Waals surface area contributed by atoms with E-state index in [1.807, 2.05) is 13.8 Å². The van der Waals surface area contributed by atoms with Crippen molar-refractivity contribution in [2.75, 3.05) is 20.8 Å². The molecule has 1 saturated heterocycles. The Kier molecular flexibility index (Phi) is 7.53. The zero-order valence-corrected chi connectivity index (χ0v) is 19.5. The van der Waals surface area contributed by atoms with Crippen LogP contribution in [0.5, 0.6) is 0 Å². The van der Waals surface area contributed by atoms with Gasteiger partial charge in [0.25, 0.3) is 0 Å². The summed E-state index contributed by atoms with van der Waals surface area (Å²) in [6.45, 7) is 18.8. The zero-order chi connectivity index (χ0) is 20.6. The van der Waals surface area contributed by atoms with Crippen molar-refractivity contribution in [3.63, 3.8) is 0 Å². The van der Waals surface area contributed by atoms with Gasteiger partial charge in [-0.2, -0.15) is 0 Å². The van der Waals surface area contributed by atoms with Crippen LogP contribution in [0.2, 0.25) is 18.1 Å². The maximum absolute atomic E-state index is 10.7. The summed E-state index contributed by atoms with van der Waals surface area (Å²) in [6, 6.07) is 0. The second-order valence-corrected chi connectivity index (χ2v) is 14.2. The predicted octanol–water partition coefficient (Wildman–Crippen LogP) is 3.53. The molecule has 0 bridgehead atoms. The van der Waals surface area contributed by atoms with Gasteiger partial charge >= 0.3 is 0 Å². The first-order valence-corrected chi connectivity index (χ1v) is 12.3. The molecule has 7 heteroatoms. The minimum absolute atomic E-state index is 0.00646. The van der Waals surface area contributed by atoms with Crippen LogP contribution >= 0.6 is 0 Å². The molecule has 0 aromatic heterocycles. The number of rotatable bonds is 7. The van der Waals surface area contributed by atoms with Crippen molar-refractivity contribution < 1.29 is 28.5 Å². The quantitative estimate of drug-likeness (QED) is 0.669. The highest BCUT2D eigenvalue weighted by molar-refractivity contribution is 6.74. The molecule has 0 unspecified atom stereocenters. The van der Waals surface area contributed by atoms with E-state index >= 15 is 0 Å². The average molecular weight is 393 g/mol. The molecule has 0 radical (unpaired) electrons. The van der Waals surface area contributed by atoms with Crippen molar-refractivity contribution in [3.8, 4) is 0 Å². The van der Waals surface area contributed by atoms with E-state index in [-0.39, 0.29) is 11.0 Å². The van der Waals surface area contributed by atoms with E-state index in [2.05, 4.69) is 33.9 Å². The summed E-state index contributed by atoms with van der Waals surface area (Å²) in [7, 11) is 1.14. The Labute approximate surface area is 160 Å². The first-order chi connectivity index (χ1) is 11.6. The maximum atomic E-state index is 10.7. The molecule has 156 valence electrons. The Morgan fingerprint density at radius 3 is 1.88 bits per heavy atom. The fraction of sp³-hybridized carbons (Fsp3) is 1.00. The van der Waals surface area contributed by atoms with Crippen LogP contribution in [0.4, 0.5) is 0 Å². The van der Waals surface area contributed by atoms with Crippen LogP contribution in [0, 0.1) is 5.92 Å². The lowest BCUT2D eigenvalue weighted by atomic mass is 9.94. The number of hydrogen-bond acceptors (Lipinski definition) is 6. The molecule has 0 aromatic carbocycles. The van der Waals surface area contributed by atoms with Crippen molar-refractivity contribution in [2.45, 2.75) is 96.5 Å². The highest BCUT2D eigenvalue weighted by Gasteiger charge is 2.58. The van der Waals surface area contributed by atoms with Crippen LogP contribution in [-0.2, 0) is 23.4 Å². The smallest absolute Gasteiger partial charge is 0.220 e. The summed E-state index contributed by atoms with van der Waals surface area (Å²) in [5.74, 6) is -2.25. The van der Waals surface area contributed by atoms with Gasteiger partial charge in [0, 0.05) is 14.2 Å². The zero-order valence-electron chi connectivity index (χ0n) is 18.5. The minimum Gasteiger partial charge on any atom is -0.414 e. The molecule has 1 N–H and O–H groups in total. The Morgan fingerprint density at radius 2 is 1.50 bits per heavy atom. The summed E-state index contributed by atoms with van der Waals surface area (Å²) in [5, 5.41) is 10.8. The topological polar surface area (TPSA) is 66.4 Å². The van der Waals surface area contributed by atoms with E-state index in [4.69, 9.17) is 23.4 Å². The van der Waals surface area contributed by atoms with Crippen LogP contribution in [0.15, 0.2) is 0 Å². The number of hydrogen-bond donors (Lipinski definition) is 1. The van der Waals surface area contributed by atoms with E-state index in [1.165, 1.54) is 0 Å². The Morgan fingerprint density at radius 1 is 1.04 bits per heavy atom. The van der Waals surface area contributed by atoms with Crippen molar-refractivity contribution in [3.05, 3.63) is 0 Å². The van der Waals surface area contributed by atoms with Crippen molar-refractivity contribution in [1.29, 1.82) is 0 Å². The molecule has 0 amide bonds. The highest BCUT2D eigenvalue weighted by atomic mass is 28.4. The van der Waals surface area contributed by atoms with Gasteiger partial charge in [0.2, 0.25) is 11.6 Å². The minimum atomic E-state index is -1.97. The molecule has 1 aliphatic rings. The van der Waals surface area contributed by atoms with Crippen LogP contribution in [0.25, 0.3) is 0 Å². The lowest BCUT2D eigenvalue weighted by Crippen LogP contribution is -2.68. The first-order valence-electron chi connectivity index (χ1n) is 9.42. The Bertz CT molecular complexity index is 463. The van der Waals surface area contributed by atoms with E-state index in [1.54, 1.807) is 28.1 Å². The SMILES string of the molecule is CO[C@]1(C)O[C@H]([C@@H](O)C(C)C)[C@H](CO[Si](C)(C)C(C)(C)C)O[C@@]1(C)OC. The van der Waals surface area contributed by atoms with Gasteiger partial charge in [0.15, 0.2) is 8.32 Å². The number of aliphatic hydroxyl groups is 1. The standard InChI is InChI=1S/C19H40O6Si/c1-13(2)15(20)16-14(12-23-26(10,11)17(3,4)5)24-18(6,21-8)19(7,22-9)25-16/h13-16,20H,12H2,1-11H3/t14-,15-,16-,18+,19+/m0/s1. The van der Waals surface area contributed by atoms with E-state index in [0.717, 1.165) is 0 Å². The number of aliphatic hydroxyl groups excluding tert-OH is 1. The summed E-state index contributed by atoms with van der Waals surface area (Å²) in [6.07, 6.45) is -1.75. The highest BCUT2D eigenvalue weighted by Crippen LogP contribution is 2.42. The first kappa shape index (κ1) is 24.0. The Balaban J connectivity index is 3.12. The Hall–Kier alpha value is -0.0231. The van der Waals surface area contributed by atoms with E-state index in [9.17, 15) is 5.11 Å². The molecule has 1 aliphatic heterocycles. The fourth-order valence-corrected chi connectivity index (χ4v) is 3.69. The molecule has 5 atom stereocenters. The summed E-state index contributed by atoms with van der Waals surface area (Å²) < 4.78 is 30.1. The summed E-state index contributed by atoms with van der Waals surface area (Å²) >= 11 is 0. The molecule has 1 fully saturated rings. The van der Waals surface area contributed by atoms with Crippen LogP contribution in [-0.4, -0.2) is 64.1 Å². The van der Waals surface area contributed by atoms with Gasteiger partial charge in [-0.05, 0) is 37.9 Å². The molecule has 26 heavy (non-hydrogen) atoms. The van der Waals surface area contributed by atoms with Crippen molar-refractivity contribution >= 4 is 8.32 Å². The van der Waals surface area contributed by atoms with Gasteiger partial charge in [-0.15, -0.1) is 0 Å². The largest absolute Gasteiger partial charge is 0.414 e. The van der Waals surface area contributed by atoms with Gasteiger partial charge in [0.1, 0.15) is 12.2 Å². The van der Waals surface area contributed by atoms with Gasteiger partial charge in [-0.3, -0.25) is 0 Å². The van der Waals surface area contributed by atoms with Crippen molar-refractivity contribution in [2.24, 2.45) is 5.92 Å². The van der Waals surface area contributed by atoms with E-state index in [0.29, 0.717) is 6.61 Å². The van der Waals surface area contributed by atoms with Gasteiger partial charge in [-0.1, -0.05) is 34.6 Å². The normalized spacial score (nSPS) is 35.0. The molecule has 1 heterocycles. The molecule has 6 nitrogen and oxygen atoms in total. The lowest BCUT2D eigenvalue weighted by Gasteiger charge is -2.53. The molecule has 0 aliphatic carbocycles. The van der Waals surface area contributed by atoms with Crippen LogP contribution < -0.4 is 0 Å². The van der Waals surface area contributed by atoms with Crippen molar-refractivity contribution in [1.82, 2.24) is 0 Å².